The van der Waals surface area contributed by atoms with Gasteiger partial charge in [-0.1, -0.05) is 38.7 Å². The predicted molar refractivity (Wildman–Crippen MR) is 115 cm³/mol. The topological polar surface area (TPSA) is 89.9 Å². The van der Waals surface area contributed by atoms with E-state index in [9.17, 15) is 19.5 Å². The molecule has 1 aromatic carbocycles. The average Bonchev–Trinajstić information content (AvgIpc) is 2.67. The number of carbonyl (C=O) groups excluding carboxylic acids is 3. The van der Waals surface area contributed by atoms with Gasteiger partial charge >= 0.3 is 11.9 Å². The molecule has 1 aromatic rings. The summed E-state index contributed by atoms with van der Waals surface area (Å²) in [5.74, 6) is -3.84. The molecule has 1 N–H and O–H groups in total. The normalized spacial score (nSPS) is 25.0. The monoisotopic (exact) mass is 432 g/mol. The van der Waals surface area contributed by atoms with Crippen LogP contribution in [0.1, 0.15) is 49.1 Å². The van der Waals surface area contributed by atoms with Crippen LogP contribution in [0.3, 0.4) is 0 Å². The molecule has 3 aliphatic rings. The summed E-state index contributed by atoms with van der Waals surface area (Å²) in [6.07, 6.45) is 1.66. The molecule has 0 amide bonds. The second kappa shape index (κ2) is 8.92. The number of hydrogen-bond acceptors (Lipinski definition) is 6. The van der Waals surface area contributed by atoms with E-state index < -0.39 is 43.7 Å². The van der Waals surface area contributed by atoms with Gasteiger partial charge in [-0.25, -0.2) is 0 Å². The summed E-state index contributed by atoms with van der Waals surface area (Å²) in [6.45, 7) is 9.27. The lowest BCUT2D eigenvalue weighted by atomic mass is 9.55. The van der Waals surface area contributed by atoms with Crippen molar-refractivity contribution in [2.24, 2.45) is 11.8 Å². The maximum atomic E-state index is 13.1. The summed E-state index contributed by atoms with van der Waals surface area (Å²) in [5.41, 5.74) is 1.48. The maximum absolute atomic E-state index is 13.1. The minimum Gasteiger partial charge on any atom is -0.508 e. The molecule has 0 saturated heterocycles. The fraction of sp³-hybridized carbons (Fsp3) is 0.609. The number of esters is 2. The quantitative estimate of drug-likeness (QED) is 0.379. The lowest BCUT2D eigenvalue weighted by Crippen LogP contribution is -2.50. The molecule has 30 heavy (non-hydrogen) atoms. The number of carbonyl (C=O) groups is 3. The van der Waals surface area contributed by atoms with Crippen LogP contribution < -0.4 is 0 Å². The Morgan fingerprint density at radius 3 is 2.40 bits per heavy atom. The first-order valence-electron chi connectivity index (χ1n) is 10.8. The van der Waals surface area contributed by atoms with E-state index in [4.69, 9.17) is 9.47 Å². The van der Waals surface area contributed by atoms with Crippen LogP contribution in [0.15, 0.2) is 18.2 Å². The standard InChI is InChI=1S/C23H32O6Si/c1-5-9-28-23(27)21-19-16-12-14(24)7-8-15(16)17(13-18(19)25)20(21)22(26)29-10-6-11-30(2,3)4/h7-8,12,17,19-21,24H,5-6,9-11,13H2,1-4H3/t17?,19?,20-,21-/m1/s1. The lowest BCUT2D eigenvalue weighted by Gasteiger charge is -2.46. The van der Waals surface area contributed by atoms with Crippen LogP contribution in [-0.4, -0.2) is 44.1 Å². The van der Waals surface area contributed by atoms with Gasteiger partial charge < -0.3 is 14.6 Å². The van der Waals surface area contributed by atoms with E-state index in [1.807, 2.05) is 6.92 Å². The molecule has 0 aliphatic heterocycles. The smallest absolute Gasteiger partial charge is 0.310 e. The van der Waals surface area contributed by atoms with Crippen molar-refractivity contribution in [3.05, 3.63) is 29.3 Å². The van der Waals surface area contributed by atoms with Crippen molar-refractivity contribution in [2.75, 3.05) is 13.2 Å². The Morgan fingerprint density at radius 1 is 1.07 bits per heavy atom. The zero-order valence-electron chi connectivity index (χ0n) is 18.3. The number of Topliss-reactive ketones (excluding diaryl/α,β-unsaturated/α-hetero) is 1. The molecule has 7 heteroatoms. The first-order valence-corrected chi connectivity index (χ1v) is 14.5. The van der Waals surface area contributed by atoms with E-state index in [0.29, 0.717) is 18.6 Å². The fourth-order valence-corrected chi connectivity index (χ4v) is 5.94. The molecule has 2 bridgehead atoms. The first kappa shape index (κ1) is 22.5. The number of rotatable bonds is 8. The predicted octanol–water partition coefficient (Wildman–Crippen LogP) is 4.00. The summed E-state index contributed by atoms with van der Waals surface area (Å²) in [5, 5.41) is 9.94. The zero-order chi connectivity index (χ0) is 22.1. The third-order valence-corrected chi connectivity index (χ3v) is 7.91. The maximum Gasteiger partial charge on any atom is 0.310 e. The molecule has 0 spiro atoms. The van der Waals surface area contributed by atoms with Crippen molar-refractivity contribution in [1.29, 1.82) is 0 Å². The summed E-state index contributed by atoms with van der Waals surface area (Å²) >= 11 is 0. The van der Waals surface area contributed by atoms with Crippen LogP contribution >= 0.6 is 0 Å². The molecular weight excluding hydrogens is 400 g/mol. The van der Waals surface area contributed by atoms with Crippen molar-refractivity contribution in [2.45, 2.75) is 63.7 Å². The van der Waals surface area contributed by atoms with E-state index in [1.165, 1.54) is 0 Å². The van der Waals surface area contributed by atoms with Gasteiger partial charge in [0.25, 0.3) is 0 Å². The molecular formula is C23H32O6Si. The fourth-order valence-electron chi connectivity index (χ4n) is 4.73. The summed E-state index contributed by atoms with van der Waals surface area (Å²) in [4.78, 5) is 38.8. The number of ether oxygens (including phenoxy) is 2. The molecule has 4 rings (SSSR count). The molecule has 3 aliphatic carbocycles. The van der Waals surface area contributed by atoms with Crippen LogP contribution in [-0.2, 0) is 23.9 Å². The first-order chi connectivity index (χ1) is 14.1. The van der Waals surface area contributed by atoms with Gasteiger partial charge in [0.05, 0.1) is 31.0 Å². The van der Waals surface area contributed by atoms with Gasteiger partial charge in [-0.3, -0.25) is 14.4 Å². The minimum absolute atomic E-state index is 0.0419. The van der Waals surface area contributed by atoms with Gasteiger partial charge in [0, 0.05) is 20.4 Å². The van der Waals surface area contributed by atoms with Crippen molar-refractivity contribution in [3.63, 3.8) is 0 Å². The molecule has 1 saturated carbocycles. The number of ketones is 1. The summed E-state index contributed by atoms with van der Waals surface area (Å²) < 4.78 is 11.0. The number of aromatic hydroxyl groups is 1. The number of phenols is 1. The van der Waals surface area contributed by atoms with Crippen LogP contribution in [0.4, 0.5) is 0 Å². The van der Waals surface area contributed by atoms with E-state index in [1.54, 1.807) is 18.2 Å². The van der Waals surface area contributed by atoms with Crippen molar-refractivity contribution >= 4 is 25.8 Å². The Morgan fingerprint density at radius 2 is 1.73 bits per heavy atom. The van der Waals surface area contributed by atoms with Gasteiger partial charge in [0.1, 0.15) is 11.5 Å². The highest BCUT2D eigenvalue weighted by molar-refractivity contribution is 6.76. The minimum atomic E-state index is -1.22. The number of hydrogen-bond donors (Lipinski definition) is 1. The second-order valence-electron chi connectivity index (χ2n) is 9.62. The molecule has 0 aromatic heterocycles. The van der Waals surface area contributed by atoms with Crippen molar-refractivity contribution < 1.29 is 29.0 Å². The Labute approximate surface area is 179 Å². The van der Waals surface area contributed by atoms with Gasteiger partial charge in [-0.2, -0.15) is 0 Å². The molecule has 164 valence electrons. The van der Waals surface area contributed by atoms with Gasteiger partial charge in [0.15, 0.2) is 0 Å². The Kier molecular flexibility index (Phi) is 6.70. The largest absolute Gasteiger partial charge is 0.508 e. The SMILES string of the molecule is CCCOC(=O)[C@@H]1C2C(=O)CC(c3ccc(O)cc32)[C@H]1C(=O)OCCC[Si](C)(C)C. The molecule has 1 fully saturated rings. The average molecular weight is 433 g/mol. The van der Waals surface area contributed by atoms with Crippen LogP contribution in [0, 0.1) is 11.8 Å². The summed E-state index contributed by atoms with van der Waals surface area (Å²) in [6, 6.07) is 5.91. The molecule has 6 nitrogen and oxygen atoms in total. The molecule has 4 atom stereocenters. The van der Waals surface area contributed by atoms with Crippen molar-refractivity contribution in [3.8, 4) is 5.75 Å². The summed E-state index contributed by atoms with van der Waals surface area (Å²) in [7, 11) is -1.22. The Hall–Kier alpha value is -2.15. The third kappa shape index (κ3) is 4.61. The number of fused-ring (bicyclic) bond motifs is 2. The van der Waals surface area contributed by atoms with Gasteiger partial charge in [-0.05, 0) is 36.1 Å². The molecule has 0 radical (unpaired) electrons. The lowest BCUT2D eigenvalue weighted by molar-refractivity contribution is -0.167. The van der Waals surface area contributed by atoms with Crippen LogP contribution in [0.5, 0.6) is 5.75 Å². The van der Waals surface area contributed by atoms with Crippen molar-refractivity contribution in [1.82, 2.24) is 0 Å². The highest BCUT2D eigenvalue weighted by Gasteiger charge is 2.57. The highest BCUT2D eigenvalue weighted by Crippen LogP contribution is 2.55. The molecule has 0 heterocycles. The van der Waals surface area contributed by atoms with E-state index >= 15 is 0 Å². The zero-order valence-corrected chi connectivity index (χ0v) is 19.3. The van der Waals surface area contributed by atoms with Gasteiger partial charge in [0.2, 0.25) is 0 Å². The molecule has 2 unspecified atom stereocenters. The Bertz CT molecular complexity index is 827. The van der Waals surface area contributed by atoms with Crippen LogP contribution in [0.25, 0.3) is 0 Å². The Balaban J connectivity index is 1.87. The van der Waals surface area contributed by atoms with Gasteiger partial charge in [-0.15, -0.1) is 0 Å². The van der Waals surface area contributed by atoms with E-state index in [-0.39, 0.29) is 24.6 Å². The number of phenolic OH excluding ortho intramolecular Hbond substituents is 1. The second-order valence-corrected chi connectivity index (χ2v) is 15.2. The number of benzene rings is 1. The van der Waals surface area contributed by atoms with Crippen LogP contribution in [0.2, 0.25) is 25.7 Å². The van der Waals surface area contributed by atoms with E-state index in [0.717, 1.165) is 18.0 Å². The highest BCUT2D eigenvalue weighted by atomic mass is 28.3. The van der Waals surface area contributed by atoms with E-state index in [2.05, 4.69) is 19.6 Å². The third-order valence-electron chi connectivity index (χ3n) is 6.06.